The van der Waals surface area contributed by atoms with Crippen LogP contribution in [-0.2, 0) is 0 Å². The van der Waals surface area contributed by atoms with Crippen molar-refractivity contribution < 1.29 is 8.81 Å². The second kappa shape index (κ2) is 4.96. The number of furan rings is 1. The first-order valence-electron chi connectivity index (χ1n) is 6.33. The second-order valence-corrected chi connectivity index (χ2v) is 5.77. The molecule has 20 heavy (non-hydrogen) atoms. The number of halogens is 1. The predicted molar refractivity (Wildman–Crippen MR) is 76.2 cm³/mol. The van der Waals surface area contributed by atoms with Gasteiger partial charge in [-0.1, -0.05) is 18.3 Å². The van der Waals surface area contributed by atoms with E-state index in [1.54, 1.807) is 12.1 Å². The molecule has 1 aromatic carbocycles. The molecule has 0 fully saturated rings. The Balaban J connectivity index is 2.03. The topological polar surface area (TPSA) is 64.9 Å². The van der Waals surface area contributed by atoms with E-state index in [1.807, 2.05) is 13.8 Å². The first kappa shape index (κ1) is 13.2. The second-order valence-electron chi connectivity index (χ2n) is 4.99. The van der Waals surface area contributed by atoms with Crippen LogP contribution in [0.4, 0.5) is 4.39 Å². The molecule has 2 aromatic heterocycles. The first-order chi connectivity index (χ1) is 9.56. The summed E-state index contributed by atoms with van der Waals surface area (Å²) in [5.74, 6) is 0.552. The van der Waals surface area contributed by atoms with Gasteiger partial charge in [-0.2, -0.15) is 0 Å². The molecule has 3 aromatic rings. The van der Waals surface area contributed by atoms with Gasteiger partial charge in [0.2, 0.25) is 0 Å². The number of nitrogens with zero attached hydrogens (tertiary/aromatic N) is 2. The van der Waals surface area contributed by atoms with Crippen LogP contribution in [0.3, 0.4) is 0 Å². The Morgan fingerprint density at radius 1 is 1.30 bits per heavy atom. The lowest BCUT2D eigenvalue weighted by molar-refractivity contribution is 0.524. The standard InChI is InChI=1S/C14H14FN3OS/c1-7(2)13-14(20-18-17-13)12(16)11-6-8-5-9(15)3-4-10(8)19-11/h3-7,12H,16H2,1-2H3. The average Bonchev–Trinajstić information content (AvgIpc) is 3.03. The van der Waals surface area contributed by atoms with Crippen molar-refractivity contribution in [1.29, 1.82) is 0 Å². The molecule has 0 spiro atoms. The van der Waals surface area contributed by atoms with Gasteiger partial charge < -0.3 is 10.2 Å². The Hall–Kier alpha value is -1.79. The van der Waals surface area contributed by atoms with Crippen molar-refractivity contribution in [1.82, 2.24) is 9.59 Å². The van der Waals surface area contributed by atoms with Crippen LogP contribution in [0.5, 0.6) is 0 Å². The van der Waals surface area contributed by atoms with E-state index in [0.717, 1.165) is 10.6 Å². The molecule has 2 N–H and O–H groups in total. The molecule has 0 aliphatic carbocycles. The summed E-state index contributed by atoms with van der Waals surface area (Å²) in [4.78, 5) is 0.888. The zero-order valence-electron chi connectivity index (χ0n) is 11.1. The Morgan fingerprint density at radius 2 is 2.10 bits per heavy atom. The lowest BCUT2D eigenvalue weighted by Gasteiger charge is -2.09. The van der Waals surface area contributed by atoms with Gasteiger partial charge in [0.05, 0.1) is 10.6 Å². The minimum atomic E-state index is -0.428. The molecule has 4 nitrogen and oxygen atoms in total. The molecule has 2 heterocycles. The third-order valence-electron chi connectivity index (χ3n) is 3.17. The molecule has 0 bridgehead atoms. The fourth-order valence-corrected chi connectivity index (χ4v) is 2.95. The van der Waals surface area contributed by atoms with Crippen molar-refractivity contribution in [3.63, 3.8) is 0 Å². The summed E-state index contributed by atoms with van der Waals surface area (Å²) in [6.07, 6.45) is 0. The van der Waals surface area contributed by atoms with Crippen LogP contribution in [-0.4, -0.2) is 9.59 Å². The van der Waals surface area contributed by atoms with Gasteiger partial charge in [0, 0.05) is 5.39 Å². The molecule has 0 radical (unpaired) electrons. The van der Waals surface area contributed by atoms with Gasteiger partial charge in [0.25, 0.3) is 0 Å². The van der Waals surface area contributed by atoms with E-state index in [1.165, 1.54) is 23.7 Å². The van der Waals surface area contributed by atoms with E-state index in [9.17, 15) is 4.39 Å². The summed E-state index contributed by atoms with van der Waals surface area (Å²) in [6.45, 7) is 4.09. The monoisotopic (exact) mass is 291 g/mol. The van der Waals surface area contributed by atoms with Crippen molar-refractivity contribution >= 4 is 22.5 Å². The summed E-state index contributed by atoms with van der Waals surface area (Å²) in [7, 11) is 0. The van der Waals surface area contributed by atoms with Crippen LogP contribution in [0.2, 0.25) is 0 Å². The number of fused-ring (bicyclic) bond motifs is 1. The normalized spacial score (nSPS) is 13.2. The van der Waals surface area contributed by atoms with Crippen molar-refractivity contribution in [3.05, 3.63) is 46.4 Å². The molecule has 0 amide bonds. The molecule has 1 atom stereocenters. The molecule has 3 rings (SSSR count). The average molecular weight is 291 g/mol. The van der Waals surface area contributed by atoms with E-state index in [2.05, 4.69) is 9.59 Å². The summed E-state index contributed by atoms with van der Waals surface area (Å²) < 4.78 is 22.9. The van der Waals surface area contributed by atoms with E-state index in [4.69, 9.17) is 10.2 Å². The highest BCUT2D eigenvalue weighted by Crippen LogP contribution is 2.32. The minimum absolute atomic E-state index is 0.247. The highest BCUT2D eigenvalue weighted by Gasteiger charge is 2.22. The fourth-order valence-electron chi connectivity index (χ4n) is 2.14. The maximum atomic E-state index is 13.2. The fraction of sp³-hybridized carbons (Fsp3) is 0.286. The van der Waals surface area contributed by atoms with E-state index < -0.39 is 6.04 Å². The number of nitrogens with two attached hydrogens (primary N) is 1. The minimum Gasteiger partial charge on any atom is -0.459 e. The maximum Gasteiger partial charge on any atom is 0.134 e. The van der Waals surface area contributed by atoms with E-state index in [0.29, 0.717) is 16.7 Å². The third-order valence-corrected chi connectivity index (χ3v) is 4.00. The molecular formula is C14H14FN3OS. The van der Waals surface area contributed by atoms with Crippen LogP contribution in [0, 0.1) is 5.82 Å². The van der Waals surface area contributed by atoms with Crippen molar-refractivity contribution in [2.75, 3.05) is 0 Å². The van der Waals surface area contributed by atoms with Gasteiger partial charge >= 0.3 is 0 Å². The van der Waals surface area contributed by atoms with Gasteiger partial charge in [-0.05, 0) is 41.7 Å². The largest absolute Gasteiger partial charge is 0.459 e. The maximum absolute atomic E-state index is 13.2. The Morgan fingerprint density at radius 3 is 2.85 bits per heavy atom. The number of benzene rings is 1. The van der Waals surface area contributed by atoms with Crippen LogP contribution < -0.4 is 5.73 Å². The number of hydrogen-bond donors (Lipinski definition) is 1. The van der Waals surface area contributed by atoms with Gasteiger partial charge in [-0.15, -0.1) is 5.10 Å². The van der Waals surface area contributed by atoms with Crippen molar-refractivity contribution in [2.45, 2.75) is 25.8 Å². The molecule has 0 saturated heterocycles. The highest BCUT2D eigenvalue weighted by atomic mass is 32.1. The summed E-state index contributed by atoms with van der Waals surface area (Å²) in [5.41, 5.74) is 7.75. The predicted octanol–water partition coefficient (Wildman–Crippen LogP) is 3.59. The smallest absolute Gasteiger partial charge is 0.134 e. The highest BCUT2D eigenvalue weighted by molar-refractivity contribution is 7.05. The van der Waals surface area contributed by atoms with Crippen LogP contribution in [0.15, 0.2) is 28.7 Å². The van der Waals surface area contributed by atoms with Gasteiger partial charge in [0.1, 0.15) is 23.2 Å². The van der Waals surface area contributed by atoms with Crippen LogP contribution in [0.1, 0.15) is 42.1 Å². The lowest BCUT2D eigenvalue weighted by atomic mass is 10.1. The summed E-state index contributed by atoms with van der Waals surface area (Å²) in [5, 5.41) is 4.82. The van der Waals surface area contributed by atoms with Crippen molar-refractivity contribution in [2.24, 2.45) is 5.73 Å². The van der Waals surface area contributed by atoms with Gasteiger partial charge in [-0.3, -0.25) is 0 Å². The molecule has 0 aliphatic rings. The van der Waals surface area contributed by atoms with E-state index >= 15 is 0 Å². The Bertz CT molecular complexity index is 750. The number of rotatable bonds is 3. The molecular weight excluding hydrogens is 277 g/mol. The Labute approximate surface area is 119 Å². The van der Waals surface area contributed by atoms with Crippen LogP contribution >= 0.6 is 11.5 Å². The van der Waals surface area contributed by atoms with E-state index in [-0.39, 0.29) is 11.7 Å². The zero-order valence-corrected chi connectivity index (χ0v) is 11.9. The van der Waals surface area contributed by atoms with Gasteiger partial charge in [-0.25, -0.2) is 4.39 Å². The SMILES string of the molecule is CC(C)c1nnsc1C(N)c1cc2cc(F)ccc2o1. The zero-order chi connectivity index (χ0) is 14.3. The summed E-state index contributed by atoms with van der Waals surface area (Å²) >= 11 is 1.27. The number of hydrogen-bond acceptors (Lipinski definition) is 5. The lowest BCUT2D eigenvalue weighted by Crippen LogP contribution is -2.12. The number of aromatic nitrogens is 2. The third kappa shape index (κ3) is 2.21. The molecule has 0 saturated carbocycles. The van der Waals surface area contributed by atoms with Gasteiger partial charge in [0.15, 0.2) is 0 Å². The molecule has 104 valence electrons. The van der Waals surface area contributed by atoms with Crippen LogP contribution in [0.25, 0.3) is 11.0 Å². The van der Waals surface area contributed by atoms with Crippen molar-refractivity contribution in [3.8, 4) is 0 Å². The molecule has 0 aliphatic heterocycles. The first-order valence-corrected chi connectivity index (χ1v) is 7.10. The summed E-state index contributed by atoms with van der Waals surface area (Å²) in [6, 6.07) is 5.75. The Kier molecular flexibility index (Phi) is 3.27. The molecule has 1 unspecified atom stereocenters. The quantitative estimate of drug-likeness (QED) is 0.800. The molecule has 6 heteroatoms.